The van der Waals surface area contributed by atoms with Crippen LogP contribution >= 0.6 is 0 Å². The molecule has 1 aliphatic heterocycles. The SMILES string of the molecule is Cn1cc(C(=O)N2CCN(C(C#N)C3CCCCC3)CC2)cn1. The van der Waals surface area contributed by atoms with E-state index in [0.717, 1.165) is 13.1 Å². The lowest BCUT2D eigenvalue weighted by atomic mass is 9.83. The third-order valence-electron chi connectivity index (χ3n) is 5.18. The molecular formula is C17H25N5O. The molecule has 2 heterocycles. The Morgan fingerprint density at radius 2 is 1.96 bits per heavy atom. The van der Waals surface area contributed by atoms with Crippen molar-refractivity contribution in [3.8, 4) is 6.07 Å². The van der Waals surface area contributed by atoms with Gasteiger partial charge in [0.05, 0.1) is 17.8 Å². The van der Waals surface area contributed by atoms with Gasteiger partial charge in [0.1, 0.15) is 6.04 Å². The highest BCUT2D eigenvalue weighted by atomic mass is 16.2. The van der Waals surface area contributed by atoms with Crippen LogP contribution in [0, 0.1) is 17.2 Å². The molecule has 1 saturated heterocycles. The highest BCUT2D eigenvalue weighted by Crippen LogP contribution is 2.29. The number of carbonyl (C=O) groups excluding carboxylic acids is 1. The number of aryl methyl sites for hydroxylation is 1. The Labute approximate surface area is 137 Å². The minimum Gasteiger partial charge on any atom is -0.336 e. The second-order valence-electron chi connectivity index (χ2n) is 6.70. The van der Waals surface area contributed by atoms with Gasteiger partial charge in [-0.3, -0.25) is 14.4 Å². The van der Waals surface area contributed by atoms with Crippen LogP contribution in [0.1, 0.15) is 42.5 Å². The highest BCUT2D eigenvalue weighted by Gasteiger charge is 2.32. The number of aromatic nitrogens is 2. The van der Waals surface area contributed by atoms with Gasteiger partial charge in [0, 0.05) is 39.4 Å². The van der Waals surface area contributed by atoms with E-state index in [-0.39, 0.29) is 11.9 Å². The summed E-state index contributed by atoms with van der Waals surface area (Å²) in [6.45, 7) is 2.97. The lowest BCUT2D eigenvalue weighted by molar-refractivity contribution is 0.0538. The zero-order valence-corrected chi connectivity index (χ0v) is 13.8. The molecule has 1 aromatic rings. The van der Waals surface area contributed by atoms with Crippen LogP contribution in [-0.2, 0) is 7.05 Å². The van der Waals surface area contributed by atoms with Crippen LogP contribution in [-0.4, -0.2) is 57.7 Å². The Morgan fingerprint density at radius 1 is 1.26 bits per heavy atom. The summed E-state index contributed by atoms with van der Waals surface area (Å²) in [5.74, 6) is 0.554. The van der Waals surface area contributed by atoms with E-state index in [0.29, 0.717) is 24.6 Å². The summed E-state index contributed by atoms with van der Waals surface area (Å²) >= 11 is 0. The number of piperazine rings is 1. The van der Waals surface area contributed by atoms with Crippen LogP contribution in [0.15, 0.2) is 12.4 Å². The number of carbonyl (C=O) groups is 1. The highest BCUT2D eigenvalue weighted by molar-refractivity contribution is 5.93. The number of nitriles is 1. The van der Waals surface area contributed by atoms with Gasteiger partial charge in [-0.25, -0.2) is 0 Å². The predicted octanol–water partition coefficient (Wildman–Crippen LogP) is 1.65. The normalized spacial score (nSPS) is 21.8. The lowest BCUT2D eigenvalue weighted by Gasteiger charge is -2.40. The Hall–Kier alpha value is -1.87. The molecule has 1 saturated carbocycles. The minimum atomic E-state index is 0.0194. The predicted molar refractivity (Wildman–Crippen MR) is 86.7 cm³/mol. The van der Waals surface area contributed by atoms with Gasteiger partial charge >= 0.3 is 0 Å². The molecule has 2 aliphatic rings. The molecule has 6 heteroatoms. The van der Waals surface area contributed by atoms with Crippen LogP contribution in [0.2, 0.25) is 0 Å². The van der Waals surface area contributed by atoms with Gasteiger partial charge in [0.15, 0.2) is 0 Å². The molecule has 0 aromatic carbocycles. The summed E-state index contributed by atoms with van der Waals surface area (Å²) in [6.07, 6.45) is 9.54. The average Bonchev–Trinajstić information content (AvgIpc) is 3.03. The molecule has 1 amide bonds. The lowest BCUT2D eigenvalue weighted by Crippen LogP contribution is -2.53. The number of hydrogen-bond donors (Lipinski definition) is 0. The summed E-state index contributed by atoms with van der Waals surface area (Å²) in [7, 11) is 1.82. The van der Waals surface area contributed by atoms with Crippen molar-refractivity contribution in [1.29, 1.82) is 5.26 Å². The topological polar surface area (TPSA) is 65.2 Å². The molecule has 2 fully saturated rings. The van der Waals surface area contributed by atoms with E-state index in [1.807, 2.05) is 11.9 Å². The maximum Gasteiger partial charge on any atom is 0.257 e. The van der Waals surface area contributed by atoms with E-state index in [1.165, 1.54) is 32.1 Å². The molecule has 1 unspecified atom stereocenters. The summed E-state index contributed by atoms with van der Waals surface area (Å²) in [5, 5.41) is 13.7. The van der Waals surface area contributed by atoms with Gasteiger partial charge in [-0.15, -0.1) is 0 Å². The molecule has 6 nitrogen and oxygen atoms in total. The summed E-state index contributed by atoms with van der Waals surface area (Å²) in [5.41, 5.74) is 0.644. The third kappa shape index (κ3) is 3.56. The van der Waals surface area contributed by atoms with Crippen LogP contribution in [0.3, 0.4) is 0 Å². The molecule has 1 aromatic heterocycles. The van der Waals surface area contributed by atoms with Gasteiger partial charge in [-0.1, -0.05) is 19.3 Å². The number of nitrogens with zero attached hydrogens (tertiary/aromatic N) is 5. The summed E-state index contributed by atoms with van der Waals surface area (Å²) in [4.78, 5) is 16.6. The van der Waals surface area contributed by atoms with Gasteiger partial charge in [0.2, 0.25) is 0 Å². The van der Waals surface area contributed by atoms with Gasteiger partial charge < -0.3 is 4.90 Å². The van der Waals surface area contributed by atoms with Crippen molar-refractivity contribution in [1.82, 2.24) is 19.6 Å². The molecule has 1 atom stereocenters. The fourth-order valence-electron chi connectivity index (χ4n) is 3.85. The summed E-state index contributed by atoms with van der Waals surface area (Å²) < 4.78 is 1.65. The Kier molecular flexibility index (Phi) is 4.97. The van der Waals surface area contributed by atoms with Gasteiger partial charge in [0.25, 0.3) is 5.91 Å². The van der Waals surface area contributed by atoms with E-state index in [2.05, 4.69) is 16.1 Å². The Bertz CT molecular complexity index is 576. The van der Waals surface area contributed by atoms with Crippen molar-refractivity contribution in [2.45, 2.75) is 38.1 Å². The minimum absolute atomic E-state index is 0.0194. The largest absolute Gasteiger partial charge is 0.336 e. The molecule has 1 aliphatic carbocycles. The maximum absolute atomic E-state index is 12.4. The molecule has 23 heavy (non-hydrogen) atoms. The first kappa shape index (κ1) is 16.0. The zero-order valence-electron chi connectivity index (χ0n) is 13.8. The van der Waals surface area contributed by atoms with Crippen molar-refractivity contribution < 1.29 is 4.79 Å². The maximum atomic E-state index is 12.4. The molecule has 0 spiro atoms. The molecule has 0 radical (unpaired) electrons. The smallest absolute Gasteiger partial charge is 0.257 e. The second-order valence-corrected chi connectivity index (χ2v) is 6.70. The number of amides is 1. The van der Waals surface area contributed by atoms with E-state index in [1.54, 1.807) is 17.1 Å². The third-order valence-corrected chi connectivity index (χ3v) is 5.18. The van der Waals surface area contributed by atoms with E-state index >= 15 is 0 Å². The monoisotopic (exact) mass is 315 g/mol. The van der Waals surface area contributed by atoms with Crippen LogP contribution < -0.4 is 0 Å². The number of hydrogen-bond acceptors (Lipinski definition) is 4. The molecule has 0 N–H and O–H groups in total. The van der Waals surface area contributed by atoms with Crippen LogP contribution in [0.25, 0.3) is 0 Å². The average molecular weight is 315 g/mol. The molecule has 0 bridgehead atoms. The molecular weight excluding hydrogens is 290 g/mol. The van der Waals surface area contributed by atoms with E-state index in [9.17, 15) is 10.1 Å². The first-order valence-electron chi connectivity index (χ1n) is 8.60. The zero-order chi connectivity index (χ0) is 16.2. The number of rotatable bonds is 3. The van der Waals surface area contributed by atoms with Crippen LogP contribution in [0.4, 0.5) is 0 Å². The van der Waals surface area contributed by atoms with Crippen molar-refractivity contribution in [3.05, 3.63) is 18.0 Å². The van der Waals surface area contributed by atoms with Crippen LogP contribution in [0.5, 0.6) is 0 Å². The van der Waals surface area contributed by atoms with E-state index < -0.39 is 0 Å². The first-order valence-corrected chi connectivity index (χ1v) is 8.60. The fourth-order valence-corrected chi connectivity index (χ4v) is 3.85. The first-order chi connectivity index (χ1) is 11.2. The Balaban J connectivity index is 1.57. The standard InChI is InChI=1S/C17H25N5O/c1-20-13-15(12-19-20)17(23)22-9-7-21(8-10-22)16(11-18)14-5-3-2-4-6-14/h12-14,16H,2-10H2,1H3. The van der Waals surface area contributed by atoms with Crippen molar-refractivity contribution in [3.63, 3.8) is 0 Å². The van der Waals surface area contributed by atoms with Crippen molar-refractivity contribution >= 4 is 5.91 Å². The summed E-state index contributed by atoms with van der Waals surface area (Å²) in [6, 6.07) is 2.55. The molecule has 3 rings (SSSR count). The Morgan fingerprint density at radius 3 is 2.52 bits per heavy atom. The van der Waals surface area contributed by atoms with E-state index in [4.69, 9.17) is 0 Å². The quantitative estimate of drug-likeness (QED) is 0.851. The van der Waals surface area contributed by atoms with Crippen molar-refractivity contribution in [2.24, 2.45) is 13.0 Å². The van der Waals surface area contributed by atoms with Crippen molar-refractivity contribution in [2.75, 3.05) is 26.2 Å². The molecule has 124 valence electrons. The second kappa shape index (κ2) is 7.14. The fraction of sp³-hybridized carbons (Fsp3) is 0.706. The van der Waals surface area contributed by atoms with Gasteiger partial charge in [-0.2, -0.15) is 10.4 Å². The van der Waals surface area contributed by atoms with Gasteiger partial charge in [-0.05, 0) is 18.8 Å².